The van der Waals surface area contributed by atoms with E-state index >= 15 is 0 Å². The van der Waals surface area contributed by atoms with Crippen LogP contribution in [-0.2, 0) is 6.42 Å². The number of ether oxygens (including phenoxy) is 2. The molecule has 1 saturated carbocycles. The largest absolute Gasteiger partial charge is 0.490 e. The molecule has 1 aliphatic rings. The molecule has 1 aliphatic carbocycles. The fourth-order valence-electron chi connectivity index (χ4n) is 6.35. The lowest BCUT2D eigenvalue weighted by Gasteiger charge is -2.26. The molecule has 0 atom stereocenters. The van der Waals surface area contributed by atoms with Gasteiger partial charge < -0.3 is 9.47 Å². The van der Waals surface area contributed by atoms with Crippen LogP contribution in [0.4, 0.5) is 8.78 Å². The number of halogens is 2. The Morgan fingerprint density at radius 3 is 2.04 bits per heavy atom. The van der Waals surface area contributed by atoms with Crippen molar-refractivity contribution in [1.29, 1.82) is 0 Å². The van der Waals surface area contributed by atoms with Crippen LogP contribution in [0.3, 0.4) is 0 Å². The van der Waals surface area contributed by atoms with Crippen molar-refractivity contribution in [3.8, 4) is 11.5 Å². The molecule has 0 unspecified atom stereocenters. The third-order valence-electron chi connectivity index (χ3n) is 9.27. The Morgan fingerprint density at radius 1 is 0.756 bits per heavy atom. The summed E-state index contributed by atoms with van der Waals surface area (Å²) < 4.78 is 40.2. The molecule has 3 rings (SSSR count). The molecular formula is C40H58F2O3. The molecule has 0 N–H and O–H groups in total. The SMILES string of the molecule is CCCCCCCCCCCCOc1ccc(C(=O)Oc2ccc(CCC=C[C@H]3CC[C@H](CCCCC)CC3)cc2)c(F)c1F. The second-order valence-electron chi connectivity index (χ2n) is 13.0. The molecule has 250 valence electrons. The molecule has 3 nitrogen and oxygen atoms in total. The molecular weight excluding hydrogens is 566 g/mol. The van der Waals surface area contributed by atoms with E-state index in [-0.39, 0.29) is 5.75 Å². The Hall–Kier alpha value is -2.69. The highest BCUT2D eigenvalue weighted by atomic mass is 19.2. The van der Waals surface area contributed by atoms with E-state index in [4.69, 9.17) is 9.47 Å². The van der Waals surface area contributed by atoms with Gasteiger partial charge in [-0.05, 0) is 86.6 Å². The minimum Gasteiger partial charge on any atom is -0.490 e. The van der Waals surface area contributed by atoms with Gasteiger partial charge in [0.05, 0.1) is 12.2 Å². The van der Waals surface area contributed by atoms with E-state index in [1.165, 1.54) is 108 Å². The van der Waals surface area contributed by atoms with Crippen molar-refractivity contribution in [3.05, 3.63) is 71.3 Å². The Balaban J connectivity index is 1.33. The summed E-state index contributed by atoms with van der Waals surface area (Å²) >= 11 is 0. The molecule has 2 aromatic rings. The standard InChI is InChI=1S/C40H58F2O3/c1-3-5-7-8-9-10-11-12-13-17-31-44-37-30-29-36(38(41)39(37)42)40(43)45-35-27-25-34(26-28-35)20-16-15-19-33-23-21-32(22-24-33)18-14-6-4-2/h15,19,25-30,32-33H,3-14,16-18,20-24,31H2,1-2H3/t32-,33-. The molecule has 0 heterocycles. The van der Waals surface area contributed by atoms with Gasteiger partial charge in [0.25, 0.3) is 0 Å². The number of aryl methyl sites for hydroxylation is 1. The number of rotatable bonds is 22. The highest BCUT2D eigenvalue weighted by Gasteiger charge is 2.21. The predicted octanol–water partition coefficient (Wildman–Crippen LogP) is 12.4. The maximum Gasteiger partial charge on any atom is 0.346 e. The van der Waals surface area contributed by atoms with E-state index in [0.29, 0.717) is 18.3 Å². The van der Waals surface area contributed by atoms with Crippen LogP contribution in [-0.4, -0.2) is 12.6 Å². The second kappa shape index (κ2) is 21.9. The Bertz CT molecular complexity index is 1120. The van der Waals surface area contributed by atoms with Crippen molar-refractivity contribution in [3.63, 3.8) is 0 Å². The summed E-state index contributed by atoms with van der Waals surface area (Å²) in [6.45, 7) is 4.82. The molecule has 0 bridgehead atoms. The number of allylic oxidation sites excluding steroid dienone is 2. The van der Waals surface area contributed by atoms with E-state index in [2.05, 4.69) is 26.0 Å². The zero-order valence-electron chi connectivity index (χ0n) is 28.1. The van der Waals surface area contributed by atoms with E-state index in [0.717, 1.165) is 43.6 Å². The van der Waals surface area contributed by atoms with Crippen molar-refractivity contribution < 1.29 is 23.0 Å². The number of hydrogen-bond donors (Lipinski definition) is 0. The average Bonchev–Trinajstić information content (AvgIpc) is 3.05. The minimum atomic E-state index is -1.24. The van der Waals surface area contributed by atoms with Gasteiger partial charge in [-0.1, -0.05) is 122 Å². The van der Waals surface area contributed by atoms with Gasteiger partial charge in [0.1, 0.15) is 5.75 Å². The number of benzene rings is 2. The van der Waals surface area contributed by atoms with E-state index in [1.807, 2.05) is 12.1 Å². The van der Waals surface area contributed by atoms with Gasteiger partial charge in [0, 0.05) is 0 Å². The van der Waals surface area contributed by atoms with Crippen molar-refractivity contribution in [1.82, 2.24) is 0 Å². The van der Waals surface area contributed by atoms with Crippen LogP contribution in [0.25, 0.3) is 0 Å². The molecule has 5 heteroatoms. The molecule has 0 saturated heterocycles. The summed E-state index contributed by atoms with van der Waals surface area (Å²) in [5, 5.41) is 0. The average molecular weight is 625 g/mol. The number of esters is 1. The van der Waals surface area contributed by atoms with Gasteiger partial charge in [0.2, 0.25) is 5.82 Å². The quantitative estimate of drug-likeness (QED) is 0.0566. The van der Waals surface area contributed by atoms with Gasteiger partial charge in [0.15, 0.2) is 11.6 Å². The summed E-state index contributed by atoms with van der Waals surface area (Å²) in [4.78, 5) is 12.6. The summed E-state index contributed by atoms with van der Waals surface area (Å²) in [5.41, 5.74) is 0.697. The topological polar surface area (TPSA) is 35.5 Å². The highest BCUT2D eigenvalue weighted by Crippen LogP contribution is 2.33. The van der Waals surface area contributed by atoms with Crippen molar-refractivity contribution in [2.75, 3.05) is 6.61 Å². The summed E-state index contributed by atoms with van der Waals surface area (Å²) in [6, 6.07) is 9.78. The molecule has 0 aromatic heterocycles. The fourth-order valence-corrected chi connectivity index (χ4v) is 6.35. The van der Waals surface area contributed by atoms with Crippen LogP contribution in [0.5, 0.6) is 11.5 Å². The zero-order valence-corrected chi connectivity index (χ0v) is 28.1. The fraction of sp³-hybridized carbons (Fsp3) is 0.625. The van der Waals surface area contributed by atoms with Crippen LogP contribution in [0.2, 0.25) is 0 Å². The predicted molar refractivity (Wildman–Crippen MR) is 182 cm³/mol. The monoisotopic (exact) mass is 624 g/mol. The second-order valence-corrected chi connectivity index (χ2v) is 13.0. The number of carbonyl (C=O) groups excluding carboxylic acids is 1. The summed E-state index contributed by atoms with van der Waals surface area (Å²) in [6.07, 6.45) is 29.3. The molecule has 0 aliphatic heterocycles. The number of hydrogen-bond acceptors (Lipinski definition) is 3. The van der Waals surface area contributed by atoms with Crippen LogP contribution < -0.4 is 9.47 Å². The first kappa shape index (κ1) is 36.8. The lowest BCUT2D eigenvalue weighted by atomic mass is 9.79. The molecule has 1 fully saturated rings. The van der Waals surface area contributed by atoms with Gasteiger partial charge in [-0.2, -0.15) is 4.39 Å². The number of carbonyl (C=O) groups is 1. The molecule has 0 radical (unpaired) electrons. The van der Waals surface area contributed by atoms with Crippen LogP contribution in [0, 0.1) is 23.5 Å². The Morgan fingerprint density at radius 2 is 1.38 bits per heavy atom. The molecule has 0 spiro atoms. The smallest absolute Gasteiger partial charge is 0.346 e. The first-order valence-corrected chi connectivity index (χ1v) is 18.1. The van der Waals surface area contributed by atoms with E-state index < -0.39 is 23.2 Å². The van der Waals surface area contributed by atoms with E-state index in [1.54, 1.807) is 12.1 Å². The lowest BCUT2D eigenvalue weighted by Crippen LogP contribution is -2.13. The summed E-state index contributed by atoms with van der Waals surface area (Å²) in [5.74, 6) is -1.55. The third-order valence-corrected chi connectivity index (χ3v) is 9.27. The van der Waals surface area contributed by atoms with Gasteiger partial charge in [-0.3, -0.25) is 0 Å². The van der Waals surface area contributed by atoms with Gasteiger partial charge in [-0.15, -0.1) is 0 Å². The van der Waals surface area contributed by atoms with Crippen LogP contribution >= 0.6 is 0 Å². The van der Waals surface area contributed by atoms with Crippen molar-refractivity contribution >= 4 is 5.97 Å². The third kappa shape index (κ3) is 14.1. The highest BCUT2D eigenvalue weighted by molar-refractivity contribution is 5.91. The normalized spacial score (nSPS) is 16.7. The first-order chi connectivity index (χ1) is 22.0. The van der Waals surface area contributed by atoms with Gasteiger partial charge in [-0.25, -0.2) is 9.18 Å². The van der Waals surface area contributed by atoms with Crippen molar-refractivity contribution in [2.24, 2.45) is 11.8 Å². The van der Waals surface area contributed by atoms with Gasteiger partial charge >= 0.3 is 5.97 Å². The van der Waals surface area contributed by atoms with Crippen molar-refractivity contribution in [2.45, 2.75) is 142 Å². The number of unbranched alkanes of at least 4 members (excludes halogenated alkanes) is 11. The van der Waals surface area contributed by atoms with Crippen LogP contribution in [0.1, 0.15) is 152 Å². The van der Waals surface area contributed by atoms with E-state index in [9.17, 15) is 13.6 Å². The first-order valence-electron chi connectivity index (χ1n) is 18.1. The Kier molecular flexibility index (Phi) is 17.9. The lowest BCUT2D eigenvalue weighted by molar-refractivity contribution is 0.0728. The molecule has 2 aromatic carbocycles. The minimum absolute atomic E-state index is 0.173. The Labute approximate surface area is 272 Å². The zero-order chi connectivity index (χ0) is 32.1. The summed E-state index contributed by atoms with van der Waals surface area (Å²) in [7, 11) is 0. The maximum atomic E-state index is 14.7. The molecule has 45 heavy (non-hydrogen) atoms. The van der Waals surface area contributed by atoms with Crippen LogP contribution in [0.15, 0.2) is 48.6 Å². The molecule has 0 amide bonds. The maximum absolute atomic E-state index is 14.7.